The summed E-state index contributed by atoms with van der Waals surface area (Å²) in [7, 11) is 2.91. The molecule has 1 fully saturated rings. The second-order valence-corrected chi connectivity index (χ2v) is 7.00. The number of nitrogens with one attached hydrogen (secondary N) is 1. The quantitative estimate of drug-likeness (QED) is 0.572. The van der Waals surface area contributed by atoms with Crippen LogP contribution in [0.1, 0.15) is 22.8 Å². The van der Waals surface area contributed by atoms with Crippen LogP contribution in [0.3, 0.4) is 0 Å². The predicted octanol–water partition coefficient (Wildman–Crippen LogP) is 2.08. The zero-order valence-electron chi connectivity index (χ0n) is 16.7. The number of carbonyl (C=O) groups excluding carboxylic acids is 3. The molecule has 0 spiro atoms. The number of amides is 3. The van der Waals surface area contributed by atoms with Crippen LogP contribution in [-0.4, -0.2) is 50.2 Å². The Balaban J connectivity index is 1.60. The predicted molar refractivity (Wildman–Crippen MR) is 104 cm³/mol. The number of fused-ring (bicyclic) bond motifs is 1. The van der Waals surface area contributed by atoms with E-state index >= 15 is 0 Å². The van der Waals surface area contributed by atoms with Gasteiger partial charge in [-0.3, -0.25) is 14.5 Å². The van der Waals surface area contributed by atoms with E-state index in [-0.39, 0.29) is 12.4 Å². The Labute approximate surface area is 172 Å². The first-order chi connectivity index (χ1) is 14.4. The molecule has 30 heavy (non-hydrogen) atoms. The molecule has 156 valence electrons. The third-order valence-corrected chi connectivity index (χ3v) is 5.23. The zero-order chi connectivity index (χ0) is 21.5. The standard InChI is InChI=1S/C21H20N2O7/c1-21(12-4-6-17-18(8-12)30-11-29-17)19(25)23(20(26)22-21)10-15(24)14-9-13(27-2)5-7-16(14)28-3/h4-9H,10-11H2,1-3H3,(H,22,26)/t21-/m1/s1. The van der Waals surface area contributed by atoms with Gasteiger partial charge in [-0.2, -0.15) is 0 Å². The van der Waals surface area contributed by atoms with Crippen molar-refractivity contribution in [3.63, 3.8) is 0 Å². The van der Waals surface area contributed by atoms with E-state index in [2.05, 4.69) is 5.32 Å². The van der Waals surface area contributed by atoms with E-state index in [0.29, 0.717) is 28.6 Å². The van der Waals surface area contributed by atoms with Crippen LogP contribution in [0.4, 0.5) is 4.79 Å². The first-order valence-electron chi connectivity index (χ1n) is 9.17. The number of Topliss-reactive ketones (excluding diaryl/α,β-unsaturated/α-hetero) is 1. The Hall–Kier alpha value is -3.75. The molecule has 2 aromatic carbocycles. The normalized spacial score (nSPS) is 19.6. The molecule has 0 aliphatic carbocycles. The van der Waals surface area contributed by atoms with Crippen LogP contribution in [0.2, 0.25) is 0 Å². The monoisotopic (exact) mass is 412 g/mol. The van der Waals surface area contributed by atoms with Crippen molar-refractivity contribution in [1.82, 2.24) is 10.2 Å². The topological polar surface area (TPSA) is 103 Å². The van der Waals surface area contributed by atoms with Crippen LogP contribution >= 0.6 is 0 Å². The van der Waals surface area contributed by atoms with Gasteiger partial charge in [-0.25, -0.2) is 4.79 Å². The molecule has 9 nitrogen and oxygen atoms in total. The molecule has 2 aliphatic heterocycles. The first kappa shape index (κ1) is 19.6. The number of nitrogens with zero attached hydrogens (tertiary/aromatic N) is 1. The number of carbonyl (C=O) groups is 3. The average Bonchev–Trinajstić information content (AvgIpc) is 3.31. The summed E-state index contributed by atoms with van der Waals surface area (Å²) in [5.41, 5.74) is -0.593. The summed E-state index contributed by atoms with van der Waals surface area (Å²) < 4.78 is 21.0. The third kappa shape index (κ3) is 3.08. The molecular formula is C21H20N2O7. The van der Waals surface area contributed by atoms with Gasteiger partial charge in [-0.05, 0) is 42.8 Å². The number of ether oxygens (including phenoxy) is 4. The number of hydrogen-bond acceptors (Lipinski definition) is 7. The van der Waals surface area contributed by atoms with E-state index in [0.717, 1.165) is 4.90 Å². The maximum atomic E-state index is 13.1. The maximum Gasteiger partial charge on any atom is 0.325 e. The van der Waals surface area contributed by atoms with Gasteiger partial charge in [0.15, 0.2) is 17.3 Å². The molecular weight excluding hydrogens is 392 g/mol. The van der Waals surface area contributed by atoms with Gasteiger partial charge in [0.25, 0.3) is 5.91 Å². The Morgan fingerprint density at radius 2 is 1.87 bits per heavy atom. The van der Waals surface area contributed by atoms with Crippen molar-refractivity contribution in [2.45, 2.75) is 12.5 Å². The first-order valence-corrected chi connectivity index (χ1v) is 9.17. The molecule has 0 radical (unpaired) electrons. The molecule has 3 amide bonds. The van der Waals surface area contributed by atoms with Crippen LogP contribution < -0.4 is 24.3 Å². The molecule has 0 unspecified atom stereocenters. The van der Waals surface area contributed by atoms with Gasteiger partial charge in [-0.15, -0.1) is 0 Å². The van der Waals surface area contributed by atoms with Crippen molar-refractivity contribution in [2.24, 2.45) is 0 Å². The number of rotatable bonds is 6. The summed E-state index contributed by atoms with van der Waals surface area (Å²) >= 11 is 0. The highest BCUT2D eigenvalue weighted by Gasteiger charge is 2.50. The molecule has 1 atom stereocenters. The van der Waals surface area contributed by atoms with Crippen molar-refractivity contribution < 1.29 is 33.3 Å². The zero-order valence-corrected chi connectivity index (χ0v) is 16.7. The molecule has 1 saturated heterocycles. The Kier molecular flexibility index (Phi) is 4.73. The fourth-order valence-corrected chi connectivity index (χ4v) is 3.50. The summed E-state index contributed by atoms with van der Waals surface area (Å²) in [5.74, 6) is 0.849. The molecule has 0 bridgehead atoms. The second-order valence-electron chi connectivity index (χ2n) is 7.00. The van der Waals surface area contributed by atoms with Crippen molar-refractivity contribution >= 4 is 17.7 Å². The molecule has 2 aliphatic rings. The minimum absolute atomic E-state index is 0.0960. The van der Waals surface area contributed by atoms with E-state index in [1.807, 2.05) is 0 Å². The highest BCUT2D eigenvalue weighted by molar-refractivity contribution is 6.11. The number of methoxy groups -OCH3 is 2. The van der Waals surface area contributed by atoms with Crippen molar-refractivity contribution in [1.29, 1.82) is 0 Å². The van der Waals surface area contributed by atoms with Crippen LogP contribution in [0.5, 0.6) is 23.0 Å². The fraction of sp³-hybridized carbons (Fsp3) is 0.286. The van der Waals surface area contributed by atoms with E-state index < -0.39 is 29.8 Å². The SMILES string of the molecule is COc1ccc(OC)c(C(=O)CN2C(=O)N[C@](C)(c3ccc4c(c3)OCO4)C2=O)c1. The lowest BCUT2D eigenvalue weighted by molar-refractivity contribution is -0.130. The smallest absolute Gasteiger partial charge is 0.325 e. The highest BCUT2D eigenvalue weighted by Crippen LogP contribution is 2.38. The lowest BCUT2D eigenvalue weighted by atomic mass is 9.91. The van der Waals surface area contributed by atoms with E-state index in [1.54, 1.807) is 37.3 Å². The van der Waals surface area contributed by atoms with Gasteiger partial charge in [0.2, 0.25) is 6.79 Å². The van der Waals surface area contributed by atoms with E-state index in [4.69, 9.17) is 18.9 Å². The number of ketones is 1. The number of hydrogen-bond donors (Lipinski definition) is 1. The van der Waals surface area contributed by atoms with Crippen LogP contribution in [-0.2, 0) is 10.3 Å². The fourth-order valence-electron chi connectivity index (χ4n) is 3.50. The van der Waals surface area contributed by atoms with E-state index in [1.165, 1.54) is 20.3 Å². The number of imide groups is 1. The van der Waals surface area contributed by atoms with Crippen molar-refractivity contribution in [3.8, 4) is 23.0 Å². The van der Waals surface area contributed by atoms with Gasteiger partial charge >= 0.3 is 6.03 Å². The van der Waals surface area contributed by atoms with Crippen molar-refractivity contribution in [3.05, 3.63) is 47.5 Å². The van der Waals surface area contributed by atoms with E-state index in [9.17, 15) is 14.4 Å². The summed E-state index contributed by atoms with van der Waals surface area (Å²) in [4.78, 5) is 39.5. The molecule has 0 saturated carbocycles. The molecule has 0 aromatic heterocycles. The lowest BCUT2D eigenvalue weighted by Gasteiger charge is -2.22. The van der Waals surface area contributed by atoms with Gasteiger partial charge in [0, 0.05) is 0 Å². The maximum absolute atomic E-state index is 13.1. The number of benzene rings is 2. The number of urea groups is 1. The minimum atomic E-state index is -1.34. The van der Waals surface area contributed by atoms with Gasteiger partial charge in [-0.1, -0.05) is 6.07 Å². The largest absolute Gasteiger partial charge is 0.497 e. The summed E-state index contributed by atoms with van der Waals surface area (Å²) in [6.45, 7) is 1.24. The Morgan fingerprint density at radius 1 is 1.10 bits per heavy atom. The van der Waals surface area contributed by atoms with Gasteiger partial charge < -0.3 is 24.3 Å². The summed E-state index contributed by atoms with van der Waals surface area (Å²) in [6, 6.07) is 9.11. The van der Waals surface area contributed by atoms with Crippen LogP contribution in [0.15, 0.2) is 36.4 Å². The third-order valence-electron chi connectivity index (χ3n) is 5.23. The molecule has 4 rings (SSSR count). The van der Waals surface area contributed by atoms with Crippen molar-refractivity contribution in [2.75, 3.05) is 27.6 Å². The lowest BCUT2D eigenvalue weighted by Crippen LogP contribution is -2.41. The molecule has 2 heterocycles. The van der Waals surface area contributed by atoms with Crippen LogP contribution in [0.25, 0.3) is 0 Å². The molecule has 2 aromatic rings. The highest BCUT2D eigenvalue weighted by atomic mass is 16.7. The minimum Gasteiger partial charge on any atom is -0.497 e. The van der Waals surface area contributed by atoms with Gasteiger partial charge in [0.1, 0.15) is 17.0 Å². The van der Waals surface area contributed by atoms with Gasteiger partial charge in [0.05, 0.1) is 26.3 Å². The van der Waals surface area contributed by atoms with Crippen LogP contribution in [0, 0.1) is 0 Å². The summed E-state index contributed by atoms with van der Waals surface area (Å²) in [5, 5.41) is 2.68. The average molecular weight is 412 g/mol. The Morgan fingerprint density at radius 3 is 2.60 bits per heavy atom. The molecule has 9 heteroatoms. The Bertz CT molecular complexity index is 1050. The molecule has 1 N–H and O–H groups in total. The second kappa shape index (κ2) is 7.25. The summed E-state index contributed by atoms with van der Waals surface area (Å²) in [6.07, 6.45) is 0.